The number of ether oxygens (including phenoxy) is 1. The summed E-state index contributed by atoms with van der Waals surface area (Å²) in [4.78, 5) is 17.3. The fraction of sp³-hybridized carbons (Fsp3) is 0.0909. The predicted molar refractivity (Wildman–Crippen MR) is 113 cm³/mol. The highest BCUT2D eigenvalue weighted by Crippen LogP contribution is 2.30. The number of hydrogen-bond acceptors (Lipinski definition) is 5. The van der Waals surface area contributed by atoms with E-state index < -0.39 is 0 Å². The molecule has 0 atom stereocenters. The van der Waals surface area contributed by atoms with Crippen LogP contribution in [0.3, 0.4) is 0 Å². The van der Waals surface area contributed by atoms with Gasteiger partial charge in [0.25, 0.3) is 0 Å². The van der Waals surface area contributed by atoms with Crippen LogP contribution in [-0.4, -0.2) is 23.1 Å². The molecule has 0 spiro atoms. The molecule has 0 radical (unpaired) electrons. The Kier molecular flexibility index (Phi) is 6.70. The molecule has 0 fully saturated rings. The van der Waals surface area contributed by atoms with Gasteiger partial charge in [-0.15, -0.1) is 11.8 Å². The number of methoxy groups -OCH3 is 1. The van der Waals surface area contributed by atoms with E-state index in [2.05, 4.69) is 10.3 Å². The maximum absolute atomic E-state index is 12.3. The van der Waals surface area contributed by atoms with Crippen molar-refractivity contribution in [3.63, 3.8) is 0 Å². The average Bonchev–Trinajstić information content (AvgIpc) is 2.72. The molecule has 0 aliphatic rings. The number of nitrogens with zero attached hydrogens (tertiary/aromatic N) is 1. The summed E-state index contributed by atoms with van der Waals surface area (Å²) in [6, 6.07) is 16.6. The number of carbonyl (C=O) groups excluding carboxylic acids is 1. The van der Waals surface area contributed by atoms with Gasteiger partial charge in [-0.05, 0) is 53.6 Å². The topological polar surface area (TPSA) is 71.5 Å². The summed E-state index contributed by atoms with van der Waals surface area (Å²) in [5.74, 6) is 0.966. The molecular formula is C22H20N2O3S. The molecule has 1 amide bonds. The lowest BCUT2D eigenvalue weighted by molar-refractivity contribution is -0.111. The molecule has 0 saturated carbocycles. The van der Waals surface area contributed by atoms with E-state index >= 15 is 0 Å². The third-order valence-corrected chi connectivity index (χ3v) is 5.06. The molecule has 0 bridgehead atoms. The van der Waals surface area contributed by atoms with E-state index in [1.165, 1.54) is 18.7 Å². The van der Waals surface area contributed by atoms with Crippen molar-refractivity contribution in [1.29, 1.82) is 0 Å². The highest BCUT2D eigenvalue weighted by Gasteiger charge is 2.06. The number of nitrogens with one attached hydrogen (secondary N) is 1. The van der Waals surface area contributed by atoms with E-state index in [4.69, 9.17) is 4.74 Å². The van der Waals surface area contributed by atoms with Crippen molar-refractivity contribution in [2.75, 3.05) is 12.4 Å². The molecule has 5 nitrogen and oxygen atoms in total. The Morgan fingerprint density at radius 2 is 1.96 bits per heavy atom. The molecule has 2 N–H and O–H groups in total. The van der Waals surface area contributed by atoms with Crippen LogP contribution in [0.1, 0.15) is 11.1 Å². The lowest BCUT2D eigenvalue weighted by Crippen LogP contribution is -2.08. The second kappa shape index (κ2) is 9.62. The van der Waals surface area contributed by atoms with Crippen LogP contribution in [-0.2, 0) is 10.5 Å². The fourth-order valence-electron chi connectivity index (χ4n) is 2.49. The monoisotopic (exact) mass is 392 g/mol. The number of amides is 1. The summed E-state index contributed by atoms with van der Waals surface area (Å²) >= 11 is 1.65. The first kappa shape index (κ1) is 19.5. The Morgan fingerprint density at radius 1 is 1.18 bits per heavy atom. The van der Waals surface area contributed by atoms with Gasteiger partial charge >= 0.3 is 0 Å². The minimum Gasteiger partial charge on any atom is -0.504 e. The molecule has 2 aromatic carbocycles. The molecule has 3 aromatic rings. The second-order valence-corrected chi connectivity index (χ2v) is 6.91. The Bertz CT molecular complexity index is 975. The SMILES string of the molecule is COc1ccc(/C=C/C(=O)Nc2ccccc2SCc2ccncc2)cc1O. The molecule has 142 valence electrons. The minimum absolute atomic E-state index is 0.0305. The van der Waals surface area contributed by atoms with Crippen molar-refractivity contribution in [2.24, 2.45) is 0 Å². The number of thioether (sulfide) groups is 1. The first-order valence-corrected chi connectivity index (χ1v) is 9.61. The van der Waals surface area contributed by atoms with Crippen LogP contribution in [0.25, 0.3) is 6.08 Å². The normalized spacial score (nSPS) is 10.8. The van der Waals surface area contributed by atoms with Crippen LogP contribution in [0.15, 0.2) is 78.0 Å². The van der Waals surface area contributed by atoms with E-state index in [-0.39, 0.29) is 11.7 Å². The zero-order chi connectivity index (χ0) is 19.8. The van der Waals surface area contributed by atoms with Crippen LogP contribution >= 0.6 is 11.8 Å². The lowest BCUT2D eigenvalue weighted by atomic mass is 10.2. The van der Waals surface area contributed by atoms with Crippen LogP contribution in [0.5, 0.6) is 11.5 Å². The number of para-hydroxylation sites is 1. The largest absolute Gasteiger partial charge is 0.504 e. The van der Waals surface area contributed by atoms with Gasteiger partial charge in [0.05, 0.1) is 12.8 Å². The standard InChI is InChI=1S/C22H20N2O3S/c1-27-20-8-6-16(14-19(20)25)7-9-22(26)24-18-4-2-3-5-21(18)28-15-17-10-12-23-13-11-17/h2-14,25H,15H2,1H3,(H,24,26)/b9-7+. The van der Waals surface area contributed by atoms with E-state index in [0.717, 1.165) is 16.3 Å². The summed E-state index contributed by atoms with van der Waals surface area (Å²) < 4.78 is 5.01. The van der Waals surface area contributed by atoms with Gasteiger partial charge < -0.3 is 15.2 Å². The molecular weight excluding hydrogens is 372 g/mol. The number of phenols is 1. The van der Waals surface area contributed by atoms with Crippen LogP contribution in [0, 0.1) is 0 Å². The number of phenolic OH excluding ortho intramolecular Hbond substituents is 1. The molecule has 0 saturated heterocycles. The van der Waals surface area contributed by atoms with E-state index in [1.807, 2.05) is 36.4 Å². The summed E-state index contributed by atoms with van der Waals surface area (Å²) in [6.45, 7) is 0. The third kappa shape index (κ3) is 5.37. The molecule has 6 heteroatoms. The van der Waals surface area contributed by atoms with Crippen molar-refractivity contribution in [3.8, 4) is 11.5 Å². The highest BCUT2D eigenvalue weighted by molar-refractivity contribution is 7.98. The van der Waals surface area contributed by atoms with Gasteiger partial charge in [-0.3, -0.25) is 9.78 Å². The smallest absolute Gasteiger partial charge is 0.248 e. The Balaban J connectivity index is 1.64. The van der Waals surface area contributed by atoms with Crippen molar-refractivity contribution in [1.82, 2.24) is 4.98 Å². The number of carbonyl (C=O) groups is 1. The van der Waals surface area contributed by atoms with Gasteiger partial charge in [-0.25, -0.2) is 0 Å². The van der Waals surface area contributed by atoms with Crippen molar-refractivity contribution in [2.45, 2.75) is 10.6 Å². The summed E-state index contributed by atoms with van der Waals surface area (Å²) in [6.07, 6.45) is 6.61. The summed E-state index contributed by atoms with van der Waals surface area (Å²) in [5, 5.41) is 12.7. The van der Waals surface area contributed by atoms with Crippen molar-refractivity contribution >= 4 is 29.4 Å². The first-order chi connectivity index (χ1) is 13.7. The van der Waals surface area contributed by atoms with Gasteiger partial charge in [-0.2, -0.15) is 0 Å². The van der Waals surface area contributed by atoms with Crippen LogP contribution in [0.2, 0.25) is 0 Å². The van der Waals surface area contributed by atoms with Gasteiger partial charge in [0.15, 0.2) is 11.5 Å². The Labute approximate surface area is 168 Å². The number of hydrogen-bond donors (Lipinski definition) is 2. The quantitative estimate of drug-likeness (QED) is 0.449. The number of rotatable bonds is 7. The molecule has 3 rings (SSSR count). The van der Waals surface area contributed by atoms with Gasteiger partial charge in [0.1, 0.15) is 0 Å². The van der Waals surface area contributed by atoms with Gasteiger partial charge in [-0.1, -0.05) is 18.2 Å². The van der Waals surface area contributed by atoms with Crippen molar-refractivity contribution in [3.05, 3.63) is 84.2 Å². The Morgan fingerprint density at radius 3 is 2.71 bits per heavy atom. The zero-order valence-corrected chi connectivity index (χ0v) is 16.1. The maximum atomic E-state index is 12.3. The summed E-state index contributed by atoms with van der Waals surface area (Å²) in [5.41, 5.74) is 2.63. The number of benzene rings is 2. The van der Waals surface area contributed by atoms with Crippen LogP contribution < -0.4 is 10.1 Å². The fourth-order valence-corrected chi connectivity index (χ4v) is 3.46. The van der Waals surface area contributed by atoms with E-state index in [1.54, 1.807) is 48.4 Å². The number of anilines is 1. The third-order valence-electron chi connectivity index (χ3n) is 3.92. The van der Waals surface area contributed by atoms with Crippen molar-refractivity contribution < 1.29 is 14.6 Å². The minimum atomic E-state index is -0.243. The lowest BCUT2D eigenvalue weighted by Gasteiger charge is -2.09. The predicted octanol–water partition coefficient (Wildman–Crippen LogP) is 4.74. The molecule has 28 heavy (non-hydrogen) atoms. The number of aromatic nitrogens is 1. The number of pyridine rings is 1. The summed E-state index contributed by atoms with van der Waals surface area (Å²) in [7, 11) is 1.49. The molecule has 1 heterocycles. The highest BCUT2D eigenvalue weighted by atomic mass is 32.2. The van der Waals surface area contributed by atoms with Gasteiger partial charge in [0, 0.05) is 29.1 Å². The maximum Gasteiger partial charge on any atom is 0.248 e. The molecule has 1 aromatic heterocycles. The Hall–Kier alpha value is -3.25. The average molecular weight is 392 g/mol. The zero-order valence-electron chi connectivity index (χ0n) is 15.3. The first-order valence-electron chi connectivity index (χ1n) is 8.62. The molecule has 0 unspecified atom stereocenters. The molecule has 0 aliphatic heterocycles. The molecule has 0 aliphatic carbocycles. The second-order valence-electron chi connectivity index (χ2n) is 5.89. The van der Waals surface area contributed by atoms with E-state index in [9.17, 15) is 9.90 Å². The number of aromatic hydroxyl groups is 1. The van der Waals surface area contributed by atoms with E-state index in [0.29, 0.717) is 11.3 Å². The van der Waals surface area contributed by atoms with Gasteiger partial charge in [0.2, 0.25) is 5.91 Å². The van der Waals surface area contributed by atoms with Crippen LogP contribution in [0.4, 0.5) is 5.69 Å².